The molecule has 6 nitrogen and oxygen atoms in total. The molecule has 0 aliphatic rings. The Kier molecular flexibility index (Phi) is 5.31. The molecule has 20 heavy (non-hydrogen) atoms. The lowest BCUT2D eigenvalue weighted by molar-refractivity contribution is 0.406. The Morgan fingerprint density at radius 2 is 2.25 bits per heavy atom. The molecule has 0 amide bonds. The Morgan fingerprint density at radius 1 is 1.40 bits per heavy atom. The molecule has 0 saturated heterocycles. The van der Waals surface area contributed by atoms with E-state index in [1.54, 1.807) is 11.8 Å². The van der Waals surface area contributed by atoms with Crippen molar-refractivity contribution in [3.05, 3.63) is 34.6 Å². The van der Waals surface area contributed by atoms with Crippen LogP contribution < -0.4 is 10.1 Å². The van der Waals surface area contributed by atoms with E-state index in [1.165, 1.54) is 0 Å². The minimum Gasteiger partial charge on any atom is -0.496 e. The van der Waals surface area contributed by atoms with Crippen LogP contribution >= 0.6 is 11.6 Å². The monoisotopic (exact) mass is 295 g/mol. The van der Waals surface area contributed by atoms with Gasteiger partial charge < -0.3 is 10.1 Å². The molecule has 0 bridgehead atoms. The maximum Gasteiger partial charge on any atom is 0.165 e. The number of ether oxygens (including phenoxy) is 1. The minimum atomic E-state index is 0.485. The van der Waals surface area contributed by atoms with Crippen molar-refractivity contribution >= 4 is 11.6 Å². The Labute approximate surface area is 123 Å². The van der Waals surface area contributed by atoms with Crippen LogP contribution in [0.4, 0.5) is 0 Å². The van der Waals surface area contributed by atoms with Crippen molar-refractivity contribution in [2.45, 2.75) is 26.4 Å². The molecule has 0 atom stereocenters. The van der Waals surface area contributed by atoms with Gasteiger partial charge in [0.1, 0.15) is 5.75 Å². The molecule has 1 aromatic carbocycles. The number of benzene rings is 1. The highest BCUT2D eigenvalue weighted by Crippen LogP contribution is 2.26. The zero-order valence-electron chi connectivity index (χ0n) is 11.6. The summed E-state index contributed by atoms with van der Waals surface area (Å²) in [5.74, 6) is 1.51. The van der Waals surface area contributed by atoms with Crippen molar-refractivity contribution < 1.29 is 4.74 Å². The maximum absolute atomic E-state index is 6.23. The second-order valence-corrected chi connectivity index (χ2v) is 4.76. The number of hydrogen-bond acceptors (Lipinski definition) is 5. The van der Waals surface area contributed by atoms with Gasteiger partial charge in [-0.15, -0.1) is 5.10 Å². The first-order chi connectivity index (χ1) is 9.76. The molecule has 0 aliphatic heterocycles. The van der Waals surface area contributed by atoms with E-state index >= 15 is 0 Å². The number of rotatable bonds is 7. The second-order valence-electron chi connectivity index (χ2n) is 4.35. The average molecular weight is 296 g/mol. The van der Waals surface area contributed by atoms with Gasteiger partial charge in [0.2, 0.25) is 0 Å². The van der Waals surface area contributed by atoms with Gasteiger partial charge in [0, 0.05) is 10.6 Å². The van der Waals surface area contributed by atoms with E-state index in [2.05, 4.69) is 27.8 Å². The minimum absolute atomic E-state index is 0.485. The predicted octanol–water partition coefficient (Wildman–Crippen LogP) is 1.88. The molecule has 0 unspecified atom stereocenters. The molecular formula is C13H18ClN5O. The third-order valence-electron chi connectivity index (χ3n) is 2.92. The number of hydrogen-bond donors (Lipinski definition) is 1. The van der Waals surface area contributed by atoms with Gasteiger partial charge in [-0.2, -0.15) is 0 Å². The van der Waals surface area contributed by atoms with E-state index in [0.717, 1.165) is 30.1 Å². The van der Waals surface area contributed by atoms with Gasteiger partial charge >= 0.3 is 0 Å². The first kappa shape index (κ1) is 14.7. The molecule has 1 N–H and O–H groups in total. The van der Waals surface area contributed by atoms with Crippen LogP contribution in [0, 0.1) is 0 Å². The number of nitrogens with zero attached hydrogens (tertiary/aromatic N) is 4. The van der Waals surface area contributed by atoms with Gasteiger partial charge in [-0.25, -0.2) is 4.68 Å². The van der Waals surface area contributed by atoms with Crippen molar-refractivity contribution in [1.29, 1.82) is 0 Å². The van der Waals surface area contributed by atoms with Crippen LogP contribution in [0.25, 0.3) is 0 Å². The van der Waals surface area contributed by atoms with Gasteiger partial charge in [-0.05, 0) is 35.5 Å². The quantitative estimate of drug-likeness (QED) is 0.790. The van der Waals surface area contributed by atoms with Gasteiger partial charge in [-0.1, -0.05) is 24.6 Å². The topological polar surface area (TPSA) is 64.9 Å². The van der Waals surface area contributed by atoms with Crippen molar-refractivity contribution in [2.24, 2.45) is 0 Å². The summed E-state index contributed by atoms with van der Waals surface area (Å²) in [5, 5.41) is 15.7. The molecule has 108 valence electrons. The van der Waals surface area contributed by atoms with E-state index in [9.17, 15) is 0 Å². The summed E-state index contributed by atoms with van der Waals surface area (Å²) in [6.07, 6.45) is 1.07. The number of nitrogens with one attached hydrogen (secondary N) is 1. The SMILES string of the molecule is CCCNCc1nnnn1Cc1c(Cl)cccc1OC. The summed E-state index contributed by atoms with van der Waals surface area (Å²) in [6, 6.07) is 5.56. The lowest BCUT2D eigenvalue weighted by atomic mass is 10.2. The standard InChI is InChI=1S/C13H18ClN5O/c1-3-7-15-8-13-16-17-18-19(13)9-10-11(14)5-4-6-12(10)20-2/h4-6,15H,3,7-9H2,1-2H3. The van der Waals surface area contributed by atoms with Crippen molar-refractivity contribution in [3.8, 4) is 5.75 Å². The number of halogens is 1. The second kappa shape index (κ2) is 7.21. The highest BCUT2D eigenvalue weighted by atomic mass is 35.5. The van der Waals surface area contributed by atoms with E-state index in [4.69, 9.17) is 16.3 Å². The number of tetrazole rings is 1. The van der Waals surface area contributed by atoms with Crippen LogP contribution in [-0.2, 0) is 13.1 Å². The van der Waals surface area contributed by atoms with Gasteiger partial charge in [0.25, 0.3) is 0 Å². The molecule has 1 aromatic heterocycles. The zero-order valence-corrected chi connectivity index (χ0v) is 12.4. The first-order valence-corrected chi connectivity index (χ1v) is 6.91. The molecule has 7 heteroatoms. The normalized spacial score (nSPS) is 10.8. The molecule has 0 radical (unpaired) electrons. The Hall–Kier alpha value is -1.66. The van der Waals surface area contributed by atoms with Crippen molar-refractivity contribution in [3.63, 3.8) is 0 Å². The maximum atomic E-state index is 6.23. The zero-order chi connectivity index (χ0) is 14.4. The van der Waals surface area contributed by atoms with Crippen molar-refractivity contribution in [1.82, 2.24) is 25.5 Å². The lowest BCUT2D eigenvalue weighted by Crippen LogP contribution is -2.18. The van der Waals surface area contributed by atoms with Crippen LogP contribution in [-0.4, -0.2) is 33.9 Å². The summed E-state index contributed by atoms with van der Waals surface area (Å²) in [6.45, 7) is 4.17. The summed E-state index contributed by atoms with van der Waals surface area (Å²) in [7, 11) is 1.62. The van der Waals surface area contributed by atoms with Crippen LogP contribution in [0.2, 0.25) is 5.02 Å². The van der Waals surface area contributed by atoms with Crippen LogP contribution in [0.15, 0.2) is 18.2 Å². The van der Waals surface area contributed by atoms with Crippen LogP contribution in [0.5, 0.6) is 5.75 Å². The van der Waals surface area contributed by atoms with E-state index in [-0.39, 0.29) is 0 Å². The Bertz CT molecular complexity index is 557. The fraction of sp³-hybridized carbons (Fsp3) is 0.462. The van der Waals surface area contributed by atoms with Crippen LogP contribution in [0.1, 0.15) is 24.7 Å². The largest absolute Gasteiger partial charge is 0.496 e. The molecule has 0 fully saturated rings. The summed E-state index contributed by atoms with van der Waals surface area (Å²) >= 11 is 6.23. The third kappa shape index (κ3) is 3.46. The summed E-state index contributed by atoms with van der Waals surface area (Å²) in [4.78, 5) is 0. The van der Waals surface area contributed by atoms with E-state index in [1.807, 2.05) is 18.2 Å². The number of methoxy groups -OCH3 is 1. The molecule has 2 aromatic rings. The highest BCUT2D eigenvalue weighted by Gasteiger charge is 2.12. The summed E-state index contributed by atoms with van der Waals surface area (Å²) < 4.78 is 7.06. The van der Waals surface area contributed by atoms with Gasteiger partial charge in [0.05, 0.1) is 20.2 Å². The Balaban J connectivity index is 2.16. The average Bonchev–Trinajstić information content (AvgIpc) is 2.89. The molecule has 1 heterocycles. The fourth-order valence-corrected chi connectivity index (χ4v) is 2.11. The molecule has 0 spiro atoms. The molecular weight excluding hydrogens is 278 g/mol. The van der Waals surface area contributed by atoms with Crippen LogP contribution in [0.3, 0.4) is 0 Å². The Morgan fingerprint density at radius 3 is 3.00 bits per heavy atom. The molecule has 0 aliphatic carbocycles. The molecule has 2 rings (SSSR count). The fourth-order valence-electron chi connectivity index (χ4n) is 1.88. The molecule has 0 saturated carbocycles. The van der Waals surface area contributed by atoms with E-state index < -0.39 is 0 Å². The third-order valence-corrected chi connectivity index (χ3v) is 3.27. The highest BCUT2D eigenvalue weighted by molar-refractivity contribution is 6.31. The summed E-state index contributed by atoms with van der Waals surface area (Å²) in [5.41, 5.74) is 0.876. The van der Waals surface area contributed by atoms with Gasteiger partial charge in [0.15, 0.2) is 5.82 Å². The van der Waals surface area contributed by atoms with Crippen molar-refractivity contribution in [2.75, 3.05) is 13.7 Å². The van der Waals surface area contributed by atoms with Gasteiger partial charge in [-0.3, -0.25) is 0 Å². The smallest absolute Gasteiger partial charge is 0.165 e. The predicted molar refractivity (Wildman–Crippen MR) is 76.9 cm³/mol. The first-order valence-electron chi connectivity index (χ1n) is 6.53. The lowest BCUT2D eigenvalue weighted by Gasteiger charge is -2.11. The van der Waals surface area contributed by atoms with E-state index in [0.29, 0.717) is 18.1 Å². The number of aromatic nitrogens is 4.